The highest BCUT2D eigenvalue weighted by molar-refractivity contribution is 7.92. The lowest BCUT2D eigenvalue weighted by molar-refractivity contribution is 0.102. The van der Waals surface area contributed by atoms with Gasteiger partial charge in [0.2, 0.25) is 0 Å². The van der Waals surface area contributed by atoms with Crippen LogP contribution in [0.2, 0.25) is 5.02 Å². The molecule has 0 aliphatic carbocycles. The average molecular weight is 521 g/mol. The molecule has 0 unspecified atom stereocenters. The lowest BCUT2D eigenvalue weighted by Crippen LogP contribution is -2.31. The highest BCUT2D eigenvalue weighted by atomic mass is 35.5. The first-order valence-electron chi connectivity index (χ1n) is 11.2. The van der Waals surface area contributed by atoms with Crippen molar-refractivity contribution in [1.29, 1.82) is 0 Å². The fourth-order valence-corrected chi connectivity index (χ4v) is 5.40. The van der Waals surface area contributed by atoms with Gasteiger partial charge < -0.3 is 10.1 Å². The summed E-state index contributed by atoms with van der Waals surface area (Å²) in [5.74, 6) is 0.355. The number of carbonyl (C=O) groups is 1. The number of sulfonamides is 1. The van der Waals surface area contributed by atoms with Crippen molar-refractivity contribution in [3.05, 3.63) is 119 Å². The van der Waals surface area contributed by atoms with E-state index in [-0.39, 0.29) is 17.3 Å². The van der Waals surface area contributed by atoms with Crippen molar-refractivity contribution in [2.75, 3.05) is 16.7 Å². The van der Waals surface area contributed by atoms with E-state index in [9.17, 15) is 13.2 Å². The lowest BCUT2D eigenvalue weighted by Gasteiger charge is -2.26. The molecule has 0 saturated heterocycles. The fraction of sp³-hybridized carbons (Fsp3) is 0.107. The topological polar surface area (TPSA) is 75.7 Å². The smallest absolute Gasteiger partial charge is 0.264 e. The maximum atomic E-state index is 13.6. The van der Waals surface area contributed by atoms with Gasteiger partial charge in [-0.25, -0.2) is 8.42 Å². The fourth-order valence-electron chi connectivity index (χ4n) is 3.70. The van der Waals surface area contributed by atoms with E-state index in [4.69, 9.17) is 16.3 Å². The summed E-state index contributed by atoms with van der Waals surface area (Å²) in [5.41, 5.74) is 3.03. The summed E-state index contributed by atoms with van der Waals surface area (Å²) < 4.78 is 33.8. The van der Waals surface area contributed by atoms with Crippen LogP contribution in [-0.4, -0.2) is 21.4 Å². The number of hydrogen-bond donors (Lipinski definition) is 1. The maximum Gasteiger partial charge on any atom is 0.264 e. The number of carbonyl (C=O) groups excluding carboxylic acids is 1. The minimum Gasteiger partial charge on any atom is -0.497 e. The Bertz CT molecular complexity index is 1470. The SMILES string of the molecule is COc1cccc(NC(=O)c2ccc(CN(c3cc(Cl)ccc3C)S(=O)(=O)c3ccccc3)cc2)c1. The van der Waals surface area contributed by atoms with Gasteiger partial charge in [-0.05, 0) is 66.6 Å². The molecule has 36 heavy (non-hydrogen) atoms. The molecule has 0 aromatic heterocycles. The molecule has 0 fully saturated rings. The predicted molar refractivity (Wildman–Crippen MR) is 143 cm³/mol. The van der Waals surface area contributed by atoms with E-state index in [0.717, 1.165) is 5.56 Å². The Balaban J connectivity index is 1.62. The van der Waals surface area contributed by atoms with Crippen molar-refractivity contribution >= 4 is 38.9 Å². The van der Waals surface area contributed by atoms with E-state index in [2.05, 4.69) is 5.32 Å². The molecular weight excluding hydrogens is 496 g/mol. The summed E-state index contributed by atoms with van der Waals surface area (Å²) in [6, 6.07) is 27.3. The number of methoxy groups -OCH3 is 1. The summed E-state index contributed by atoms with van der Waals surface area (Å²) in [5, 5.41) is 3.28. The number of amides is 1. The van der Waals surface area contributed by atoms with Crippen LogP contribution in [0.15, 0.2) is 102 Å². The molecule has 0 aliphatic rings. The van der Waals surface area contributed by atoms with Crippen LogP contribution in [-0.2, 0) is 16.6 Å². The van der Waals surface area contributed by atoms with Crippen LogP contribution in [0.3, 0.4) is 0 Å². The van der Waals surface area contributed by atoms with Crippen LogP contribution in [0.25, 0.3) is 0 Å². The van der Waals surface area contributed by atoms with Crippen LogP contribution in [0.1, 0.15) is 21.5 Å². The first-order valence-corrected chi connectivity index (χ1v) is 13.0. The van der Waals surface area contributed by atoms with Crippen molar-refractivity contribution in [3.8, 4) is 5.75 Å². The standard InChI is InChI=1S/C28H25ClN2O4S/c1-20-11-16-23(29)17-27(20)31(36(33,34)26-9-4-3-5-10-26)19-21-12-14-22(15-13-21)28(32)30-24-7-6-8-25(18-24)35-2/h3-18H,19H2,1-2H3,(H,30,32). The zero-order valence-corrected chi connectivity index (χ0v) is 21.4. The largest absolute Gasteiger partial charge is 0.497 e. The van der Waals surface area contributed by atoms with Gasteiger partial charge in [0.15, 0.2) is 0 Å². The van der Waals surface area contributed by atoms with Gasteiger partial charge in [0.05, 0.1) is 24.2 Å². The Morgan fingerprint density at radius 1 is 0.917 bits per heavy atom. The van der Waals surface area contributed by atoms with Gasteiger partial charge in [-0.2, -0.15) is 0 Å². The molecule has 184 valence electrons. The van der Waals surface area contributed by atoms with Crippen LogP contribution >= 0.6 is 11.6 Å². The maximum absolute atomic E-state index is 13.6. The van der Waals surface area contributed by atoms with Gasteiger partial charge in [-0.1, -0.05) is 54.1 Å². The zero-order valence-electron chi connectivity index (χ0n) is 19.8. The van der Waals surface area contributed by atoms with E-state index in [1.54, 1.807) is 104 Å². The molecule has 0 radical (unpaired) electrons. The Morgan fingerprint density at radius 3 is 2.33 bits per heavy atom. The summed E-state index contributed by atoms with van der Waals surface area (Å²) in [6.45, 7) is 1.90. The number of halogens is 1. The minimum atomic E-state index is -3.88. The molecule has 0 spiro atoms. The van der Waals surface area contributed by atoms with Gasteiger partial charge in [-0.3, -0.25) is 9.10 Å². The highest BCUT2D eigenvalue weighted by Crippen LogP contribution is 2.31. The highest BCUT2D eigenvalue weighted by Gasteiger charge is 2.26. The number of ether oxygens (including phenoxy) is 1. The Hall–Kier alpha value is -3.81. The van der Waals surface area contributed by atoms with Gasteiger partial charge >= 0.3 is 0 Å². The van der Waals surface area contributed by atoms with Gasteiger partial charge in [0.1, 0.15) is 5.75 Å². The molecule has 6 nitrogen and oxygen atoms in total. The number of anilines is 2. The van der Waals surface area contributed by atoms with Gasteiger partial charge in [0, 0.05) is 22.3 Å². The van der Waals surface area contributed by atoms with E-state index in [0.29, 0.717) is 33.3 Å². The summed E-state index contributed by atoms with van der Waals surface area (Å²) >= 11 is 6.23. The molecule has 0 saturated carbocycles. The van der Waals surface area contributed by atoms with Gasteiger partial charge in [0.25, 0.3) is 15.9 Å². The average Bonchev–Trinajstić information content (AvgIpc) is 2.89. The molecule has 1 N–H and O–H groups in total. The first-order chi connectivity index (χ1) is 17.3. The van der Waals surface area contributed by atoms with E-state index < -0.39 is 10.0 Å². The lowest BCUT2D eigenvalue weighted by atomic mass is 10.1. The molecule has 0 bridgehead atoms. The van der Waals surface area contributed by atoms with Crippen molar-refractivity contribution < 1.29 is 17.9 Å². The molecule has 8 heteroatoms. The molecular formula is C28H25ClN2O4S. The Kier molecular flexibility index (Phi) is 7.62. The van der Waals surface area contributed by atoms with Crippen LogP contribution in [0, 0.1) is 6.92 Å². The van der Waals surface area contributed by atoms with E-state index >= 15 is 0 Å². The van der Waals surface area contributed by atoms with Crippen molar-refractivity contribution in [2.45, 2.75) is 18.4 Å². The Morgan fingerprint density at radius 2 is 1.64 bits per heavy atom. The third-order valence-electron chi connectivity index (χ3n) is 5.64. The zero-order chi connectivity index (χ0) is 25.7. The van der Waals surface area contributed by atoms with Crippen LogP contribution in [0.4, 0.5) is 11.4 Å². The normalized spacial score (nSPS) is 11.1. The number of hydrogen-bond acceptors (Lipinski definition) is 4. The molecule has 4 aromatic rings. The third kappa shape index (κ3) is 5.70. The number of aryl methyl sites for hydroxylation is 1. The second-order valence-electron chi connectivity index (χ2n) is 8.14. The number of benzene rings is 4. The van der Waals surface area contributed by atoms with Crippen LogP contribution < -0.4 is 14.4 Å². The molecule has 1 amide bonds. The summed E-state index contributed by atoms with van der Waals surface area (Å²) in [4.78, 5) is 12.9. The molecule has 0 atom stereocenters. The number of nitrogens with one attached hydrogen (secondary N) is 1. The second kappa shape index (κ2) is 10.8. The monoisotopic (exact) mass is 520 g/mol. The molecule has 4 rings (SSSR count). The first kappa shape index (κ1) is 25.3. The van der Waals surface area contributed by atoms with E-state index in [1.165, 1.54) is 4.31 Å². The van der Waals surface area contributed by atoms with Gasteiger partial charge in [-0.15, -0.1) is 0 Å². The quantitative estimate of drug-likeness (QED) is 0.295. The summed E-state index contributed by atoms with van der Waals surface area (Å²) in [6.07, 6.45) is 0. The summed E-state index contributed by atoms with van der Waals surface area (Å²) in [7, 11) is -2.32. The Labute approximate surface area is 216 Å². The van der Waals surface area contributed by atoms with E-state index in [1.807, 2.05) is 6.92 Å². The molecule has 4 aromatic carbocycles. The third-order valence-corrected chi connectivity index (χ3v) is 7.65. The second-order valence-corrected chi connectivity index (χ2v) is 10.4. The molecule has 0 heterocycles. The minimum absolute atomic E-state index is 0.0657. The number of rotatable bonds is 8. The molecule has 0 aliphatic heterocycles. The van der Waals surface area contributed by atoms with Crippen molar-refractivity contribution in [1.82, 2.24) is 0 Å². The number of nitrogens with zero attached hydrogens (tertiary/aromatic N) is 1. The van der Waals surface area contributed by atoms with Crippen LogP contribution in [0.5, 0.6) is 5.75 Å². The van der Waals surface area contributed by atoms with Crippen molar-refractivity contribution in [3.63, 3.8) is 0 Å². The predicted octanol–water partition coefficient (Wildman–Crippen LogP) is 6.30. The van der Waals surface area contributed by atoms with Crippen molar-refractivity contribution in [2.24, 2.45) is 0 Å².